The molecule has 0 radical (unpaired) electrons. The fourth-order valence-electron chi connectivity index (χ4n) is 2.43. The maximum absolute atomic E-state index is 8.77. The van der Waals surface area contributed by atoms with Crippen molar-refractivity contribution < 1.29 is 9.47 Å². The number of ether oxygens (including phenoxy) is 2. The van der Waals surface area contributed by atoms with E-state index in [1.807, 2.05) is 24.3 Å². The van der Waals surface area contributed by atoms with Crippen LogP contribution < -0.4 is 14.8 Å². The van der Waals surface area contributed by atoms with Gasteiger partial charge in [-0.05, 0) is 67.9 Å². The average Bonchev–Trinajstić information content (AvgIpc) is 3.08. The highest BCUT2D eigenvalue weighted by Gasteiger charge is 2.14. The van der Waals surface area contributed by atoms with Crippen molar-refractivity contribution in [1.29, 1.82) is 5.26 Å². The molecule has 0 bridgehead atoms. The lowest BCUT2D eigenvalue weighted by Crippen LogP contribution is -2.28. The van der Waals surface area contributed by atoms with Gasteiger partial charge in [0.05, 0.1) is 11.6 Å². The van der Waals surface area contributed by atoms with E-state index in [0.29, 0.717) is 24.0 Å². The van der Waals surface area contributed by atoms with Crippen LogP contribution in [-0.2, 0) is 0 Å². The summed E-state index contributed by atoms with van der Waals surface area (Å²) in [5.41, 5.74) is 0.622. The Balaban J connectivity index is 0.00000192. The second kappa shape index (κ2) is 8.42. The van der Waals surface area contributed by atoms with Gasteiger partial charge in [-0.25, -0.2) is 0 Å². The van der Waals surface area contributed by atoms with Gasteiger partial charge in [-0.2, -0.15) is 5.26 Å². The van der Waals surface area contributed by atoms with Gasteiger partial charge in [-0.1, -0.05) is 0 Å². The summed E-state index contributed by atoms with van der Waals surface area (Å²) in [5, 5.41) is 12.2. The van der Waals surface area contributed by atoms with Crippen molar-refractivity contribution in [3.05, 3.63) is 54.1 Å². The Morgan fingerprint density at radius 2 is 1.61 bits per heavy atom. The SMILES string of the molecule is Cl.N#Cc1ccc(Oc2ccc(OC[C@H]3CCCN3)cc2)cc1. The maximum Gasteiger partial charge on any atom is 0.127 e. The summed E-state index contributed by atoms with van der Waals surface area (Å²) in [5.74, 6) is 2.31. The second-order valence-electron chi connectivity index (χ2n) is 5.31. The lowest BCUT2D eigenvalue weighted by molar-refractivity contribution is 0.277. The zero-order valence-electron chi connectivity index (χ0n) is 12.7. The van der Waals surface area contributed by atoms with Crippen molar-refractivity contribution in [2.45, 2.75) is 18.9 Å². The summed E-state index contributed by atoms with van der Waals surface area (Å²) >= 11 is 0. The largest absolute Gasteiger partial charge is 0.492 e. The van der Waals surface area contributed by atoms with E-state index in [-0.39, 0.29) is 12.4 Å². The molecule has 4 nitrogen and oxygen atoms in total. The fraction of sp³-hybridized carbons (Fsp3) is 0.278. The lowest BCUT2D eigenvalue weighted by Gasteiger charge is -2.12. The highest BCUT2D eigenvalue weighted by Crippen LogP contribution is 2.24. The first-order valence-electron chi connectivity index (χ1n) is 7.48. The number of nitrogens with zero attached hydrogens (tertiary/aromatic N) is 1. The van der Waals surface area contributed by atoms with Gasteiger partial charge < -0.3 is 14.8 Å². The first kappa shape index (κ1) is 17.1. The summed E-state index contributed by atoms with van der Waals surface area (Å²) < 4.78 is 11.5. The van der Waals surface area contributed by atoms with Gasteiger partial charge in [0.15, 0.2) is 0 Å². The summed E-state index contributed by atoms with van der Waals surface area (Å²) in [6, 6.07) is 17.2. The molecule has 2 aromatic carbocycles. The Labute approximate surface area is 142 Å². The van der Waals surface area contributed by atoms with Crippen LogP contribution in [0.3, 0.4) is 0 Å². The Kier molecular flexibility index (Phi) is 6.28. The number of hydrogen-bond donors (Lipinski definition) is 1. The maximum atomic E-state index is 8.77. The van der Waals surface area contributed by atoms with Crippen LogP contribution >= 0.6 is 12.4 Å². The molecule has 1 saturated heterocycles. The first-order valence-corrected chi connectivity index (χ1v) is 7.48. The molecule has 0 spiro atoms. The van der Waals surface area contributed by atoms with Crippen LogP contribution in [0, 0.1) is 11.3 Å². The third-order valence-electron chi connectivity index (χ3n) is 3.66. The minimum Gasteiger partial charge on any atom is -0.492 e. The fourth-order valence-corrected chi connectivity index (χ4v) is 2.43. The molecule has 0 saturated carbocycles. The van der Waals surface area contributed by atoms with Gasteiger partial charge in [-0.3, -0.25) is 0 Å². The zero-order chi connectivity index (χ0) is 15.2. The number of hydrogen-bond acceptors (Lipinski definition) is 4. The number of halogens is 1. The van der Waals surface area contributed by atoms with Crippen LogP contribution in [0.5, 0.6) is 17.2 Å². The van der Waals surface area contributed by atoms with E-state index in [4.69, 9.17) is 14.7 Å². The Bertz CT molecular complexity index is 644. The Morgan fingerprint density at radius 1 is 1.00 bits per heavy atom. The molecular weight excluding hydrogens is 312 g/mol. The van der Waals surface area contributed by atoms with Gasteiger partial charge in [0, 0.05) is 6.04 Å². The van der Waals surface area contributed by atoms with Crippen LogP contribution in [0.2, 0.25) is 0 Å². The predicted molar refractivity (Wildman–Crippen MR) is 91.4 cm³/mol. The van der Waals surface area contributed by atoms with Gasteiger partial charge in [0.2, 0.25) is 0 Å². The van der Waals surface area contributed by atoms with E-state index < -0.39 is 0 Å². The highest BCUT2D eigenvalue weighted by molar-refractivity contribution is 5.85. The van der Waals surface area contributed by atoms with E-state index in [1.54, 1.807) is 24.3 Å². The van der Waals surface area contributed by atoms with Gasteiger partial charge in [-0.15, -0.1) is 12.4 Å². The van der Waals surface area contributed by atoms with Gasteiger partial charge in [0.1, 0.15) is 23.9 Å². The van der Waals surface area contributed by atoms with Crippen LogP contribution in [0.25, 0.3) is 0 Å². The molecule has 23 heavy (non-hydrogen) atoms. The molecule has 3 rings (SSSR count). The number of rotatable bonds is 5. The lowest BCUT2D eigenvalue weighted by atomic mass is 10.2. The second-order valence-corrected chi connectivity index (χ2v) is 5.31. The zero-order valence-corrected chi connectivity index (χ0v) is 13.5. The molecule has 5 heteroatoms. The van der Waals surface area contributed by atoms with Crippen LogP contribution in [0.4, 0.5) is 0 Å². The van der Waals surface area contributed by atoms with Crippen molar-refractivity contribution in [3.8, 4) is 23.3 Å². The molecule has 1 aliphatic heterocycles. The molecule has 1 fully saturated rings. The van der Waals surface area contributed by atoms with E-state index in [9.17, 15) is 0 Å². The monoisotopic (exact) mass is 330 g/mol. The van der Waals surface area contributed by atoms with E-state index in [2.05, 4.69) is 11.4 Å². The highest BCUT2D eigenvalue weighted by atomic mass is 35.5. The Hall–Kier alpha value is -2.22. The molecule has 0 aliphatic carbocycles. The summed E-state index contributed by atoms with van der Waals surface area (Å²) in [7, 11) is 0. The third kappa shape index (κ3) is 4.88. The molecule has 1 atom stereocenters. The van der Waals surface area contributed by atoms with Crippen molar-refractivity contribution in [2.75, 3.05) is 13.2 Å². The molecule has 1 heterocycles. The quantitative estimate of drug-likeness (QED) is 0.903. The van der Waals surface area contributed by atoms with E-state index in [1.165, 1.54) is 12.8 Å². The summed E-state index contributed by atoms with van der Waals surface area (Å²) in [4.78, 5) is 0. The van der Waals surface area contributed by atoms with Crippen molar-refractivity contribution >= 4 is 12.4 Å². The molecular formula is C18H19ClN2O2. The van der Waals surface area contributed by atoms with Gasteiger partial charge >= 0.3 is 0 Å². The van der Waals surface area contributed by atoms with E-state index >= 15 is 0 Å². The van der Waals surface area contributed by atoms with Crippen molar-refractivity contribution in [1.82, 2.24) is 5.32 Å². The van der Waals surface area contributed by atoms with E-state index in [0.717, 1.165) is 18.0 Å². The standard InChI is InChI=1S/C18H18N2O2.ClH/c19-12-14-3-5-17(6-4-14)22-18-9-7-16(8-10-18)21-13-15-2-1-11-20-15;/h3-10,15,20H,1-2,11,13H2;1H/t15-;/m1./s1. The molecule has 2 aromatic rings. The summed E-state index contributed by atoms with van der Waals surface area (Å²) in [6.45, 7) is 1.79. The number of nitrogens with one attached hydrogen (secondary N) is 1. The Morgan fingerprint density at radius 3 is 2.17 bits per heavy atom. The molecule has 120 valence electrons. The number of benzene rings is 2. The predicted octanol–water partition coefficient (Wildman–Crippen LogP) is 3.90. The molecule has 1 N–H and O–H groups in total. The minimum atomic E-state index is 0. The summed E-state index contributed by atoms with van der Waals surface area (Å²) in [6.07, 6.45) is 2.41. The molecule has 0 amide bonds. The van der Waals surface area contributed by atoms with Crippen molar-refractivity contribution in [2.24, 2.45) is 0 Å². The first-order chi connectivity index (χ1) is 10.8. The smallest absolute Gasteiger partial charge is 0.127 e. The third-order valence-corrected chi connectivity index (χ3v) is 3.66. The average molecular weight is 331 g/mol. The van der Waals surface area contributed by atoms with Crippen LogP contribution in [-0.4, -0.2) is 19.2 Å². The normalized spacial score (nSPS) is 16.2. The van der Waals surface area contributed by atoms with Crippen LogP contribution in [0.1, 0.15) is 18.4 Å². The topological polar surface area (TPSA) is 54.3 Å². The molecule has 0 aromatic heterocycles. The van der Waals surface area contributed by atoms with Crippen molar-refractivity contribution in [3.63, 3.8) is 0 Å². The molecule has 0 unspecified atom stereocenters. The molecule has 1 aliphatic rings. The van der Waals surface area contributed by atoms with Gasteiger partial charge in [0.25, 0.3) is 0 Å². The number of nitriles is 1. The van der Waals surface area contributed by atoms with Crippen LogP contribution in [0.15, 0.2) is 48.5 Å². The minimum absolute atomic E-state index is 0.